The van der Waals surface area contributed by atoms with Crippen molar-refractivity contribution in [1.29, 1.82) is 0 Å². The number of H-pyrrole nitrogens is 1. The Labute approximate surface area is 184 Å². The predicted molar refractivity (Wildman–Crippen MR) is 120 cm³/mol. The lowest BCUT2D eigenvalue weighted by molar-refractivity contribution is 0.339. The van der Waals surface area contributed by atoms with E-state index in [9.17, 15) is 12.8 Å². The van der Waals surface area contributed by atoms with E-state index < -0.39 is 9.84 Å². The van der Waals surface area contributed by atoms with Crippen molar-refractivity contribution in [2.24, 2.45) is 0 Å². The minimum atomic E-state index is -3.44. The zero-order chi connectivity index (χ0) is 22.7. The van der Waals surface area contributed by atoms with E-state index in [1.165, 1.54) is 30.5 Å². The van der Waals surface area contributed by atoms with E-state index in [-0.39, 0.29) is 22.4 Å². The number of nitrogens with one attached hydrogen (secondary N) is 3. The fourth-order valence-electron chi connectivity index (χ4n) is 3.06. The Morgan fingerprint density at radius 1 is 1.09 bits per heavy atom. The summed E-state index contributed by atoms with van der Waals surface area (Å²) in [5.41, 5.74) is 1.14. The van der Waals surface area contributed by atoms with Crippen molar-refractivity contribution in [3.05, 3.63) is 54.5 Å². The monoisotopic (exact) mass is 456 g/mol. The number of nitrogens with zero attached hydrogens (tertiary/aromatic N) is 3. The maximum Gasteiger partial charge on any atom is 0.229 e. The zero-order valence-electron chi connectivity index (χ0n) is 17.4. The highest BCUT2D eigenvalue weighted by atomic mass is 32.2. The molecule has 0 bridgehead atoms. The van der Waals surface area contributed by atoms with E-state index >= 15 is 0 Å². The van der Waals surface area contributed by atoms with Gasteiger partial charge in [0.15, 0.2) is 15.7 Å². The van der Waals surface area contributed by atoms with Gasteiger partial charge in [-0.2, -0.15) is 10.1 Å². The molecule has 0 saturated heterocycles. The Morgan fingerprint density at radius 2 is 1.94 bits per heavy atom. The van der Waals surface area contributed by atoms with Gasteiger partial charge in [0.05, 0.1) is 22.8 Å². The van der Waals surface area contributed by atoms with Crippen LogP contribution in [0.25, 0.3) is 10.9 Å². The summed E-state index contributed by atoms with van der Waals surface area (Å²) >= 11 is 0. The number of hydrogen-bond acceptors (Lipinski definition) is 8. The normalized spacial score (nSPS) is 11.5. The van der Waals surface area contributed by atoms with Crippen molar-refractivity contribution < 1.29 is 17.5 Å². The van der Waals surface area contributed by atoms with Crippen LogP contribution >= 0.6 is 0 Å². The van der Waals surface area contributed by atoms with Crippen LogP contribution in [0.1, 0.15) is 13.8 Å². The number of aromatic amines is 1. The van der Waals surface area contributed by atoms with Gasteiger partial charge in [0.25, 0.3) is 0 Å². The minimum absolute atomic E-state index is 0.0316. The van der Waals surface area contributed by atoms with Crippen LogP contribution in [0.3, 0.4) is 0 Å². The van der Waals surface area contributed by atoms with Crippen molar-refractivity contribution in [1.82, 2.24) is 20.2 Å². The van der Waals surface area contributed by atoms with Crippen molar-refractivity contribution in [2.75, 3.05) is 23.0 Å². The summed E-state index contributed by atoms with van der Waals surface area (Å²) in [6, 6.07) is 10.6. The van der Waals surface area contributed by atoms with Gasteiger partial charge in [0.1, 0.15) is 17.4 Å². The highest BCUT2D eigenvalue weighted by Crippen LogP contribution is 2.28. The first-order chi connectivity index (χ1) is 15.4. The van der Waals surface area contributed by atoms with Crippen molar-refractivity contribution in [3.8, 4) is 5.75 Å². The fraction of sp³-hybridized carbons (Fsp3) is 0.190. The Bertz CT molecular complexity index is 1370. The topological polar surface area (TPSA) is 122 Å². The van der Waals surface area contributed by atoms with Crippen LogP contribution in [-0.2, 0) is 9.84 Å². The number of anilines is 4. The summed E-state index contributed by atoms with van der Waals surface area (Å²) in [4.78, 5) is 8.72. The molecule has 9 nitrogen and oxygen atoms in total. The van der Waals surface area contributed by atoms with E-state index in [4.69, 9.17) is 4.74 Å². The quantitative estimate of drug-likeness (QED) is 0.361. The van der Waals surface area contributed by atoms with E-state index in [1.54, 1.807) is 25.1 Å². The van der Waals surface area contributed by atoms with Gasteiger partial charge in [-0.15, -0.1) is 0 Å². The van der Waals surface area contributed by atoms with E-state index in [0.29, 0.717) is 40.6 Å². The van der Waals surface area contributed by atoms with Gasteiger partial charge < -0.3 is 15.4 Å². The fourth-order valence-corrected chi connectivity index (χ4v) is 4.00. The molecule has 0 radical (unpaired) electrons. The Balaban J connectivity index is 1.62. The minimum Gasteiger partial charge on any atom is -0.494 e. The van der Waals surface area contributed by atoms with Crippen LogP contribution in [0.4, 0.5) is 27.7 Å². The SMILES string of the molecule is CCOc1cc(Nc2nccc(Nc3n[nH]c4ccc(F)cc34)n2)cc(S(=O)(=O)CC)c1. The second-order valence-electron chi connectivity index (χ2n) is 6.81. The molecule has 0 aliphatic rings. The standard InChI is InChI=1S/C21H21FN6O3S/c1-3-31-15-10-14(11-16(12-15)32(29,30)4-2)24-21-23-8-7-19(26-21)25-20-17-9-13(22)5-6-18(17)27-28-20/h5-12H,3-4H2,1-2H3,(H3,23,24,25,26,27,28). The van der Waals surface area contributed by atoms with Crippen LogP contribution in [0, 0.1) is 5.82 Å². The molecule has 0 unspecified atom stereocenters. The number of fused-ring (bicyclic) bond motifs is 1. The third-order valence-electron chi connectivity index (χ3n) is 4.61. The van der Waals surface area contributed by atoms with Crippen LogP contribution in [0.2, 0.25) is 0 Å². The smallest absolute Gasteiger partial charge is 0.229 e. The maximum absolute atomic E-state index is 13.6. The summed E-state index contributed by atoms with van der Waals surface area (Å²) in [5, 5.41) is 13.6. The summed E-state index contributed by atoms with van der Waals surface area (Å²) in [7, 11) is -3.44. The van der Waals surface area contributed by atoms with Gasteiger partial charge in [-0.1, -0.05) is 6.92 Å². The van der Waals surface area contributed by atoms with Gasteiger partial charge >= 0.3 is 0 Å². The first-order valence-corrected chi connectivity index (χ1v) is 11.5. The van der Waals surface area contributed by atoms with Crippen LogP contribution in [0.15, 0.2) is 53.6 Å². The van der Waals surface area contributed by atoms with Crippen molar-refractivity contribution in [2.45, 2.75) is 18.7 Å². The van der Waals surface area contributed by atoms with Crippen molar-refractivity contribution in [3.63, 3.8) is 0 Å². The number of rotatable bonds is 8. The highest BCUT2D eigenvalue weighted by Gasteiger charge is 2.15. The zero-order valence-corrected chi connectivity index (χ0v) is 18.2. The first-order valence-electron chi connectivity index (χ1n) is 9.89. The number of ether oxygens (including phenoxy) is 1. The number of halogens is 1. The van der Waals surface area contributed by atoms with Gasteiger partial charge in [0, 0.05) is 23.3 Å². The molecule has 0 atom stereocenters. The first kappa shape index (κ1) is 21.5. The molecule has 0 saturated carbocycles. The molecule has 2 aromatic carbocycles. The number of hydrogen-bond donors (Lipinski definition) is 3. The largest absolute Gasteiger partial charge is 0.494 e. The van der Waals surface area contributed by atoms with E-state index in [2.05, 4.69) is 30.8 Å². The molecule has 3 N–H and O–H groups in total. The summed E-state index contributed by atoms with van der Waals surface area (Å²) in [5.74, 6) is 1.08. The Hall–Kier alpha value is -3.73. The van der Waals surface area contributed by atoms with Crippen LogP contribution in [0.5, 0.6) is 5.75 Å². The highest BCUT2D eigenvalue weighted by molar-refractivity contribution is 7.91. The summed E-state index contributed by atoms with van der Waals surface area (Å²) in [6.07, 6.45) is 1.53. The average Bonchev–Trinajstić information content (AvgIpc) is 3.16. The second-order valence-corrected chi connectivity index (χ2v) is 9.09. The number of sulfone groups is 1. The molecule has 4 aromatic rings. The molecule has 0 spiro atoms. The number of benzene rings is 2. The lowest BCUT2D eigenvalue weighted by Crippen LogP contribution is -2.06. The maximum atomic E-state index is 13.6. The van der Waals surface area contributed by atoms with E-state index in [0.717, 1.165) is 0 Å². The summed E-state index contributed by atoms with van der Waals surface area (Å²) < 4.78 is 43.8. The molecule has 0 aliphatic carbocycles. The molecule has 32 heavy (non-hydrogen) atoms. The number of aromatic nitrogens is 4. The van der Waals surface area contributed by atoms with Gasteiger partial charge in [-0.25, -0.2) is 17.8 Å². The van der Waals surface area contributed by atoms with Crippen molar-refractivity contribution >= 4 is 44.0 Å². The molecule has 11 heteroatoms. The third kappa shape index (κ3) is 4.62. The Morgan fingerprint density at radius 3 is 2.72 bits per heavy atom. The van der Waals surface area contributed by atoms with Gasteiger partial charge in [0.2, 0.25) is 5.95 Å². The molecular weight excluding hydrogens is 435 g/mol. The molecular formula is C21H21FN6O3S. The predicted octanol–water partition coefficient (Wildman–Crippen LogP) is 4.17. The molecule has 0 amide bonds. The lowest BCUT2D eigenvalue weighted by Gasteiger charge is -2.12. The average molecular weight is 457 g/mol. The van der Waals surface area contributed by atoms with Crippen LogP contribution in [-0.4, -0.2) is 40.9 Å². The molecule has 4 rings (SSSR count). The molecule has 0 aliphatic heterocycles. The van der Waals surface area contributed by atoms with Gasteiger partial charge in [-0.05, 0) is 43.3 Å². The molecule has 0 fully saturated rings. The summed E-state index contributed by atoms with van der Waals surface area (Å²) in [6.45, 7) is 3.79. The van der Waals surface area contributed by atoms with Crippen LogP contribution < -0.4 is 15.4 Å². The molecule has 2 aromatic heterocycles. The molecule has 2 heterocycles. The van der Waals surface area contributed by atoms with E-state index in [1.807, 2.05) is 6.92 Å². The molecule has 166 valence electrons. The Kier molecular flexibility index (Phi) is 5.91. The second kappa shape index (κ2) is 8.79. The van der Waals surface area contributed by atoms with Gasteiger partial charge in [-0.3, -0.25) is 5.10 Å². The lowest BCUT2D eigenvalue weighted by atomic mass is 10.2. The third-order valence-corrected chi connectivity index (χ3v) is 6.33.